The van der Waals surface area contributed by atoms with Gasteiger partial charge < -0.3 is 5.32 Å². The Bertz CT molecular complexity index is 648. The lowest BCUT2D eigenvalue weighted by Crippen LogP contribution is -2.43. The van der Waals surface area contributed by atoms with E-state index in [0.29, 0.717) is 6.04 Å². The first-order valence-electron chi connectivity index (χ1n) is 8.22. The summed E-state index contributed by atoms with van der Waals surface area (Å²) in [5, 5.41) is 10.9. The largest absolute Gasteiger partial charge is 0.352 e. The number of aromatic nitrogens is 2. The van der Waals surface area contributed by atoms with Gasteiger partial charge in [0, 0.05) is 18.3 Å². The quantitative estimate of drug-likeness (QED) is 0.824. The van der Waals surface area contributed by atoms with E-state index in [1.165, 1.54) is 0 Å². The van der Waals surface area contributed by atoms with E-state index in [2.05, 4.69) is 22.7 Å². The van der Waals surface area contributed by atoms with Crippen molar-refractivity contribution in [1.82, 2.24) is 20.4 Å². The average molecular weight is 312 g/mol. The molecule has 0 saturated heterocycles. The molecule has 2 atom stereocenters. The lowest BCUT2D eigenvalue weighted by molar-refractivity contribution is -0.123. The van der Waals surface area contributed by atoms with Crippen LogP contribution >= 0.6 is 0 Å². The molecule has 0 aliphatic heterocycles. The van der Waals surface area contributed by atoms with Crippen LogP contribution in [0.3, 0.4) is 0 Å². The fourth-order valence-electron chi connectivity index (χ4n) is 2.67. The molecule has 1 aromatic heterocycles. The molecule has 2 aromatic rings. The Labute approximate surface area is 137 Å². The van der Waals surface area contributed by atoms with Crippen LogP contribution in [0.25, 0.3) is 0 Å². The summed E-state index contributed by atoms with van der Waals surface area (Å²) in [5.74, 6) is 0.0576. The predicted molar refractivity (Wildman–Crippen MR) is 89.9 cm³/mol. The molecule has 1 aromatic carbocycles. The van der Waals surface area contributed by atoms with Gasteiger partial charge in [0.1, 0.15) is 6.04 Å². The van der Waals surface area contributed by atoms with Gasteiger partial charge in [0.25, 0.3) is 0 Å². The van der Waals surface area contributed by atoms with Crippen LogP contribution in [0.15, 0.2) is 42.7 Å². The first-order valence-corrected chi connectivity index (χ1v) is 8.22. The van der Waals surface area contributed by atoms with Crippen LogP contribution in [0, 0.1) is 6.92 Å². The summed E-state index contributed by atoms with van der Waals surface area (Å²) in [5.41, 5.74) is 2.14. The molecular formula is C18H24N4O. The van der Waals surface area contributed by atoms with E-state index in [9.17, 15) is 4.79 Å². The summed E-state index contributed by atoms with van der Waals surface area (Å²) in [4.78, 5) is 12.6. The number of benzene rings is 1. The lowest BCUT2D eigenvalue weighted by atomic mass is 10.1. The first-order chi connectivity index (χ1) is 11.1. The van der Waals surface area contributed by atoms with Crippen molar-refractivity contribution < 1.29 is 4.79 Å². The maximum absolute atomic E-state index is 12.6. The molecule has 1 amide bonds. The summed E-state index contributed by atoms with van der Waals surface area (Å²) >= 11 is 0. The number of carbonyl (C=O) groups is 1. The lowest BCUT2D eigenvalue weighted by Gasteiger charge is -2.23. The van der Waals surface area contributed by atoms with Crippen molar-refractivity contribution in [2.24, 2.45) is 0 Å². The number of amides is 1. The highest BCUT2D eigenvalue weighted by atomic mass is 16.2. The van der Waals surface area contributed by atoms with Gasteiger partial charge in [-0.25, -0.2) is 0 Å². The summed E-state index contributed by atoms with van der Waals surface area (Å²) in [6.45, 7) is 4.84. The molecule has 0 radical (unpaired) electrons. The van der Waals surface area contributed by atoms with Crippen LogP contribution in [0.4, 0.5) is 0 Å². The smallest absolute Gasteiger partial charge is 0.241 e. The zero-order valence-electron chi connectivity index (χ0n) is 13.7. The van der Waals surface area contributed by atoms with Crippen LogP contribution in [0.1, 0.15) is 36.9 Å². The molecule has 5 nitrogen and oxygen atoms in total. The van der Waals surface area contributed by atoms with Gasteiger partial charge in [-0.2, -0.15) is 5.10 Å². The van der Waals surface area contributed by atoms with Gasteiger partial charge in [-0.3, -0.25) is 14.8 Å². The minimum atomic E-state index is -0.330. The zero-order valence-corrected chi connectivity index (χ0v) is 13.7. The number of carbonyl (C=O) groups excluding carboxylic acids is 1. The van der Waals surface area contributed by atoms with Gasteiger partial charge in [0.2, 0.25) is 5.91 Å². The van der Waals surface area contributed by atoms with Crippen molar-refractivity contribution in [3.63, 3.8) is 0 Å². The molecule has 2 N–H and O–H groups in total. The van der Waals surface area contributed by atoms with Gasteiger partial charge in [-0.1, -0.05) is 30.3 Å². The standard InChI is InChI=1S/C18H24N4O/c1-13-10-19-22(11-13)12-14(2)20-17(15-6-4-3-5-7-15)18(23)21-16-8-9-16/h3-7,10-11,14,16-17,20H,8-9,12H2,1-2H3,(H,21,23)/t14-,17-/m1/s1. The third-order valence-electron chi connectivity index (χ3n) is 3.99. The Morgan fingerprint density at radius 2 is 2.09 bits per heavy atom. The summed E-state index contributed by atoms with van der Waals surface area (Å²) in [6, 6.07) is 10.1. The molecule has 1 heterocycles. The average Bonchev–Trinajstić information content (AvgIpc) is 3.26. The number of rotatable bonds is 7. The maximum Gasteiger partial charge on any atom is 0.241 e. The Hall–Kier alpha value is -2.14. The van der Waals surface area contributed by atoms with E-state index in [-0.39, 0.29) is 18.0 Å². The number of hydrogen-bond donors (Lipinski definition) is 2. The second kappa shape index (κ2) is 6.96. The number of hydrogen-bond acceptors (Lipinski definition) is 3. The molecule has 5 heteroatoms. The van der Waals surface area contributed by atoms with Crippen molar-refractivity contribution >= 4 is 5.91 Å². The molecule has 0 spiro atoms. The molecule has 1 fully saturated rings. The second-order valence-electron chi connectivity index (χ2n) is 6.43. The minimum Gasteiger partial charge on any atom is -0.352 e. The van der Waals surface area contributed by atoms with Gasteiger partial charge in [0.05, 0.1) is 12.7 Å². The van der Waals surface area contributed by atoms with Gasteiger partial charge in [-0.05, 0) is 37.8 Å². The predicted octanol–water partition coefficient (Wildman–Crippen LogP) is 2.19. The van der Waals surface area contributed by atoms with Gasteiger partial charge >= 0.3 is 0 Å². The normalized spacial score (nSPS) is 16.8. The van der Waals surface area contributed by atoms with Crippen LogP contribution < -0.4 is 10.6 Å². The van der Waals surface area contributed by atoms with Crippen molar-refractivity contribution in [2.45, 2.75) is 51.4 Å². The van der Waals surface area contributed by atoms with Crippen molar-refractivity contribution in [3.05, 3.63) is 53.9 Å². The number of nitrogens with zero attached hydrogens (tertiary/aromatic N) is 2. The summed E-state index contributed by atoms with van der Waals surface area (Å²) in [7, 11) is 0. The zero-order chi connectivity index (χ0) is 16.2. The van der Waals surface area contributed by atoms with Crippen LogP contribution in [-0.4, -0.2) is 27.8 Å². The van der Waals surface area contributed by atoms with E-state index in [1.807, 2.05) is 54.3 Å². The van der Waals surface area contributed by atoms with E-state index in [4.69, 9.17) is 0 Å². The second-order valence-corrected chi connectivity index (χ2v) is 6.43. The Morgan fingerprint density at radius 1 is 1.35 bits per heavy atom. The minimum absolute atomic E-state index is 0.0576. The molecular weight excluding hydrogens is 288 g/mol. The third-order valence-corrected chi connectivity index (χ3v) is 3.99. The fraction of sp³-hybridized carbons (Fsp3) is 0.444. The molecule has 122 valence electrons. The van der Waals surface area contributed by atoms with E-state index >= 15 is 0 Å². The SMILES string of the molecule is Cc1cnn(C[C@@H](C)N[C@@H](C(=O)NC2CC2)c2ccccc2)c1. The van der Waals surface area contributed by atoms with Crippen molar-refractivity contribution in [2.75, 3.05) is 0 Å². The Morgan fingerprint density at radius 3 is 2.70 bits per heavy atom. The number of aryl methyl sites for hydroxylation is 1. The third kappa shape index (κ3) is 4.42. The topological polar surface area (TPSA) is 59.0 Å². The number of nitrogens with one attached hydrogen (secondary N) is 2. The molecule has 3 rings (SSSR count). The molecule has 0 bridgehead atoms. The van der Waals surface area contributed by atoms with E-state index in [1.54, 1.807) is 0 Å². The Balaban J connectivity index is 1.68. The first kappa shape index (κ1) is 15.7. The summed E-state index contributed by atoms with van der Waals surface area (Å²) in [6.07, 6.45) is 6.05. The fourth-order valence-corrected chi connectivity index (χ4v) is 2.67. The van der Waals surface area contributed by atoms with Crippen LogP contribution in [0.5, 0.6) is 0 Å². The molecule has 1 saturated carbocycles. The van der Waals surface area contributed by atoms with Crippen LogP contribution in [0.2, 0.25) is 0 Å². The van der Waals surface area contributed by atoms with Crippen molar-refractivity contribution in [3.8, 4) is 0 Å². The molecule has 1 aliphatic carbocycles. The Kier molecular flexibility index (Phi) is 4.76. The summed E-state index contributed by atoms with van der Waals surface area (Å²) < 4.78 is 1.91. The van der Waals surface area contributed by atoms with Gasteiger partial charge in [-0.15, -0.1) is 0 Å². The van der Waals surface area contributed by atoms with Gasteiger partial charge in [0.15, 0.2) is 0 Å². The van der Waals surface area contributed by atoms with E-state index < -0.39 is 0 Å². The highest BCUT2D eigenvalue weighted by molar-refractivity contribution is 5.83. The molecule has 1 aliphatic rings. The van der Waals surface area contributed by atoms with Crippen molar-refractivity contribution in [1.29, 1.82) is 0 Å². The van der Waals surface area contributed by atoms with Crippen LogP contribution in [-0.2, 0) is 11.3 Å². The van der Waals surface area contributed by atoms with E-state index in [0.717, 1.165) is 30.5 Å². The molecule has 0 unspecified atom stereocenters. The maximum atomic E-state index is 12.6. The molecule has 23 heavy (non-hydrogen) atoms. The monoisotopic (exact) mass is 312 g/mol. The highest BCUT2D eigenvalue weighted by Crippen LogP contribution is 2.21. The highest BCUT2D eigenvalue weighted by Gasteiger charge is 2.29.